The van der Waals surface area contributed by atoms with E-state index in [1.54, 1.807) is 19.2 Å². The second-order valence-corrected chi connectivity index (χ2v) is 8.14. The van der Waals surface area contributed by atoms with Gasteiger partial charge in [-0.2, -0.15) is 4.31 Å². The Morgan fingerprint density at radius 3 is 2.48 bits per heavy atom. The highest BCUT2D eigenvalue weighted by Gasteiger charge is 2.34. The third-order valence-corrected chi connectivity index (χ3v) is 6.66. The number of carbonyl (C=O) groups is 1. The van der Waals surface area contributed by atoms with Crippen LogP contribution in [0.2, 0.25) is 0 Å². The molecule has 1 saturated heterocycles. The average Bonchev–Trinajstić information content (AvgIpc) is 2.66. The van der Waals surface area contributed by atoms with E-state index in [1.807, 2.05) is 6.92 Å². The van der Waals surface area contributed by atoms with Gasteiger partial charge in [0.2, 0.25) is 10.0 Å². The van der Waals surface area contributed by atoms with E-state index in [0.717, 1.165) is 4.90 Å². The molecule has 1 atom stereocenters. The normalized spacial score (nSPS) is 20.1. The molecule has 0 aliphatic carbocycles. The van der Waals surface area contributed by atoms with E-state index in [0.29, 0.717) is 50.9 Å². The number of hydrogen-bond acceptors (Lipinski definition) is 5. The summed E-state index contributed by atoms with van der Waals surface area (Å²) in [5, 5.41) is 2.64. The minimum Gasteiger partial charge on any atom is -0.486 e. The second kappa shape index (κ2) is 7.19. The summed E-state index contributed by atoms with van der Waals surface area (Å²) < 4.78 is 38.1. The van der Waals surface area contributed by atoms with Crippen molar-refractivity contribution in [2.75, 3.05) is 46.4 Å². The number of carbonyl (C=O) groups excluding carboxylic acids is 1. The summed E-state index contributed by atoms with van der Waals surface area (Å²) in [5.41, 5.74) is 0. The number of likely N-dealkylation sites (N-methyl/N-ethyl adjacent to an activating group) is 1. The minimum absolute atomic E-state index is 0.0295. The fourth-order valence-corrected chi connectivity index (χ4v) is 4.64. The molecule has 0 spiro atoms. The van der Waals surface area contributed by atoms with Gasteiger partial charge < -0.3 is 19.7 Å². The third-order valence-electron chi connectivity index (χ3n) is 4.77. The van der Waals surface area contributed by atoms with Crippen LogP contribution in [0.1, 0.15) is 6.92 Å². The van der Waals surface area contributed by atoms with Crippen LogP contribution in [0.4, 0.5) is 0 Å². The van der Waals surface area contributed by atoms with E-state index in [9.17, 15) is 13.2 Å². The van der Waals surface area contributed by atoms with Crippen LogP contribution in [0.5, 0.6) is 11.5 Å². The lowest BCUT2D eigenvalue weighted by molar-refractivity contribution is -0.917. The molecule has 2 N–H and O–H groups in total. The van der Waals surface area contributed by atoms with Crippen molar-refractivity contribution in [3.63, 3.8) is 0 Å². The SMILES string of the molecule is CNC(=O)[C@@H](C)[NH+]1CCN(S(=O)(=O)c2ccc3c(c2)OCCO3)CC1. The van der Waals surface area contributed by atoms with E-state index in [4.69, 9.17) is 9.47 Å². The van der Waals surface area contributed by atoms with Gasteiger partial charge in [0.1, 0.15) is 13.2 Å². The summed E-state index contributed by atoms with van der Waals surface area (Å²) in [6.07, 6.45) is 0. The lowest BCUT2D eigenvalue weighted by atomic mass is 10.2. The first-order chi connectivity index (χ1) is 11.9. The smallest absolute Gasteiger partial charge is 0.277 e. The number of nitrogens with one attached hydrogen (secondary N) is 2. The summed E-state index contributed by atoms with van der Waals surface area (Å²) in [7, 11) is -1.97. The van der Waals surface area contributed by atoms with Gasteiger partial charge in [-0.3, -0.25) is 4.79 Å². The fourth-order valence-electron chi connectivity index (χ4n) is 3.18. The maximum atomic E-state index is 12.9. The molecule has 0 unspecified atom stereocenters. The number of benzene rings is 1. The summed E-state index contributed by atoms with van der Waals surface area (Å²) in [6.45, 7) is 4.69. The van der Waals surface area contributed by atoms with Crippen molar-refractivity contribution in [2.45, 2.75) is 17.9 Å². The lowest BCUT2D eigenvalue weighted by Gasteiger charge is -2.34. The standard InChI is InChI=1S/C16H23N3O5S/c1-12(16(20)17-2)18-5-7-19(8-6-18)25(21,22)13-3-4-14-15(11-13)24-10-9-23-14/h3-4,11-12H,5-10H2,1-2H3,(H,17,20)/p+1/t12-/m1/s1. The molecule has 0 saturated carbocycles. The molecule has 1 amide bonds. The van der Waals surface area contributed by atoms with Gasteiger partial charge in [0.15, 0.2) is 17.5 Å². The first-order valence-corrected chi connectivity index (χ1v) is 9.83. The number of fused-ring (bicyclic) bond motifs is 1. The molecule has 3 rings (SSSR count). The molecule has 0 bridgehead atoms. The molecule has 0 radical (unpaired) electrons. The van der Waals surface area contributed by atoms with Gasteiger partial charge >= 0.3 is 0 Å². The molecule has 1 fully saturated rings. The van der Waals surface area contributed by atoms with Gasteiger partial charge in [0.25, 0.3) is 5.91 Å². The monoisotopic (exact) mass is 370 g/mol. The van der Waals surface area contributed by atoms with Crippen molar-refractivity contribution in [3.05, 3.63) is 18.2 Å². The third kappa shape index (κ3) is 3.58. The Bertz CT molecular complexity index is 744. The number of ether oxygens (including phenoxy) is 2. The van der Waals surface area contributed by atoms with E-state index in [2.05, 4.69) is 5.32 Å². The molecule has 2 heterocycles. The van der Waals surface area contributed by atoms with Gasteiger partial charge in [-0.05, 0) is 19.1 Å². The highest BCUT2D eigenvalue weighted by atomic mass is 32.2. The number of quaternary nitrogens is 1. The molecule has 8 nitrogen and oxygen atoms in total. The van der Waals surface area contributed by atoms with Crippen LogP contribution in [0.3, 0.4) is 0 Å². The van der Waals surface area contributed by atoms with Crippen molar-refractivity contribution in [3.8, 4) is 11.5 Å². The van der Waals surface area contributed by atoms with Crippen LogP contribution in [0.15, 0.2) is 23.1 Å². The number of nitrogens with zero attached hydrogens (tertiary/aromatic N) is 1. The lowest BCUT2D eigenvalue weighted by Crippen LogP contribution is -3.19. The summed E-state index contributed by atoms with van der Waals surface area (Å²) >= 11 is 0. The second-order valence-electron chi connectivity index (χ2n) is 6.20. The zero-order valence-corrected chi connectivity index (χ0v) is 15.3. The highest BCUT2D eigenvalue weighted by molar-refractivity contribution is 7.89. The number of sulfonamides is 1. The maximum Gasteiger partial charge on any atom is 0.277 e. The van der Waals surface area contributed by atoms with Crippen molar-refractivity contribution >= 4 is 15.9 Å². The largest absolute Gasteiger partial charge is 0.486 e. The van der Waals surface area contributed by atoms with Crippen molar-refractivity contribution in [1.82, 2.24) is 9.62 Å². The van der Waals surface area contributed by atoms with Gasteiger partial charge in [-0.1, -0.05) is 0 Å². The number of amides is 1. The van der Waals surface area contributed by atoms with Crippen LogP contribution < -0.4 is 19.7 Å². The number of rotatable bonds is 4. The summed E-state index contributed by atoms with van der Waals surface area (Å²) in [6, 6.07) is 4.52. The van der Waals surface area contributed by atoms with E-state index < -0.39 is 10.0 Å². The molecule has 2 aliphatic rings. The molecule has 25 heavy (non-hydrogen) atoms. The van der Waals surface area contributed by atoms with Gasteiger partial charge in [0.05, 0.1) is 31.1 Å². The average molecular weight is 370 g/mol. The predicted octanol–water partition coefficient (Wildman–Crippen LogP) is -1.52. The van der Waals surface area contributed by atoms with Gasteiger partial charge in [-0.15, -0.1) is 0 Å². The minimum atomic E-state index is -3.59. The van der Waals surface area contributed by atoms with Crippen LogP contribution in [0, 0.1) is 0 Å². The Labute approximate surface area is 147 Å². The van der Waals surface area contributed by atoms with Crippen molar-refractivity contribution < 1.29 is 27.6 Å². The predicted molar refractivity (Wildman–Crippen MR) is 90.4 cm³/mol. The van der Waals surface area contributed by atoms with Crippen LogP contribution >= 0.6 is 0 Å². The number of piperazine rings is 1. The van der Waals surface area contributed by atoms with Gasteiger partial charge in [-0.25, -0.2) is 8.42 Å². The van der Waals surface area contributed by atoms with Crippen LogP contribution in [-0.4, -0.2) is 71.1 Å². The molecule has 2 aliphatic heterocycles. The first kappa shape index (κ1) is 18.0. The molecular weight excluding hydrogens is 346 g/mol. The zero-order valence-electron chi connectivity index (χ0n) is 14.4. The van der Waals surface area contributed by atoms with E-state index >= 15 is 0 Å². The zero-order chi connectivity index (χ0) is 18.0. The number of hydrogen-bond donors (Lipinski definition) is 2. The molecule has 1 aromatic carbocycles. The molecule has 1 aromatic rings. The Balaban J connectivity index is 1.71. The van der Waals surface area contributed by atoms with E-state index in [1.165, 1.54) is 10.4 Å². The van der Waals surface area contributed by atoms with Crippen LogP contribution in [0.25, 0.3) is 0 Å². The molecular formula is C16H24N3O5S+. The summed E-state index contributed by atoms with van der Waals surface area (Å²) in [5.74, 6) is 1.00. The Morgan fingerprint density at radius 2 is 1.84 bits per heavy atom. The molecule has 138 valence electrons. The Kier molecular flexibility index (Phi) is 5.16. The van der Waals surface area contributed by atoms with E-state index in [-0.39, 0.29) is 16.8 Å². The summed E-state index contributed by atoms with van der Waals surface area (Å²) in [4.78, 5) is 13.1. The Hall–Kier alpha value is -1.84. The quantitative estimate of drug-likeness (QED) is 0.672. The molecule has 0 aromatic heterocycles. The van der Waals surface area contributed by atoms with Crippen molar-refractivity contribution in [2.24, 2.45) is 0 Å². The highest BCUT2D eigenvalue weighted by Crippen LogP contribution is 2.33. The maximum absolute atomic E-state index is 12.9. The Morgan fingerprint density at radius 1 is 1.20 bits per heavy atom. The fraction of sp³-hybridized carbons (Fsp3) is 0.562. The topological polar surface area (TPSA) is 89.4 Å². The van der Waals surface area contributed by atoms with Crippen molar-refractivity contribution in [1.29, 1.82) is 0 Å². The van der Waals surface area contributed by atoms with Crippen LogP contribution in [-0.2, 0) is 14.8 Å². The van der Waals surface area contributed by atoms with Gasteiger partial charge in [0, 0.05) is 13.1 Å². The first-order valence-electron chi connectivity index (χ1n) is 8.39. The molecule has 9 heteroatoms.